The van der Waals surface area contributed by atoms with Gasteiger partial charge in [-0.3, -0.25) is 4.98 Å². The number of benzene rings is 1. The van der Waals surface area contributed by atoms with Crippen LogP contribution in [0.25, 0.3) is 0 Å². The molecule has 1 aromatic carbocycles. The quantitative estimate of drug-likeness (QED) is 0.788. The topological polar surface area (TPSA) is 25.4 Å². The first-order chi connectivity index (χ1) is 8.77. The van der Waals surface area contributed by atoms with Crippen molar-refractivity contribution in [2.24, 2.45) is 0 Å². The van der Waals surface area contributed by atoms with Crippen molar-refractivity contribution in [2.75, 3.05) is 19.1 Å². The lowest BCUT2D eigenvalue weighted by atomic mass is 10.2. The molecule has 0 aliphatic rings. The summed E-state index contributed by atoms with van der Waals surface area (Å²) < 4.78 is 5.37. The van der Waals surface area contributed by atoms with E-state index in [9.17, 15) is 0 Å². The highest BCUT2D eigenvalue weighted by Gasteiger charge is 2.12. The third-order valence-electron chi connectivity index (χ3n) is 2.84. The van der Waals surface area contributed by atoms with Crippen molar-refractivity contribution < 1.29 is 4.74 Å². The van der Waals surface area contributed by atoms with Crippen LogP contribution in [0.2, 0.25) is 0 Å². The molecule has 2 rings (SSSR count). The van der Waals surface area contributed by atoms with Gasteiger partial charge < -0.3 is 9.64 Å². The lowest BCUT2D eigenvalue weighted by Crippen LogP contribution is -2.12. The average Bonchev–Trinajstić information content (AvgIpc) is 2.46. The van der Waals surface area contributed by atoms with Crippen LogP contribution in [0, 0.1) is 0 Å². The van der Waals surface area contributed by atoms with Gasteiger partial charge in [-0.05, 0) is 23.8 Å². The van der Waals surface area contributed by atoms with Crippen LogP contribution in [-0.4, -0.2) is 19.1 Å². The Labute approximate surface area is 112 Å². The number of nitrogens with zero attached hydrogens (tertiary/aromatic N) is 2. The number of halogens is 1. The number of rotatable bonds is 4. The lowest BCUT2D eigenvalue weighted by molar-refractivity contribution is 0.415. The Kier molecular flexibility index (Phi) is 4.05. The minimum absolute atomic E-state index is 0.456. The smallest absolute Gasteiger partial charge is 0.142 e. The van der Waals surface area contributed by atoms with Crippen molar-refractivity contribution in [1.29, 1.82) is 0 Å². The van der Waals surface area contributed by atoms with E-state index < -0.39 is 0 Å². The van der Waals surface area contributed by atoms with E-state index in [1.807, 2.05) is 48.5 Å². The van der Waals surface area contributed by atoms with E-state index in [0.717, 1.165) is 22.7 Å². The number of anilines is 2. The number of para-hydroxylation sites is 2. The summed E-state index contributed by atoms with van der Waals surface area (Å²) in [5.41, 5.74) is 3.01. The Morgan fingerprint density at radius 3 is 2.72 bits per heavy atom. The third-order valence-corrected chi connectivity index (χ3v) is 3.13. The van der Waals surface area contributed by atoms with Crippen LogP contribution < -0.4 is 9.64 Å². The lowest BCUT2D eigenvalue weighted by Gasteiger charge is -2.23. The molecule has 3 nitrogen and oxygen atoms in total. The summed E-state index contributed by atoms with van der Waals surface area (Å²) in [4.78, 5) is 6.19. The molecule has 94 valence electrons. The summed E-state index contributed by atoms with van der Waals surface area (Å²) in [6, 6.07) is 9.79. The maximum atomic E-state index is 5.95. The zero-order valence-corrected chi connectivity index (χ0v) is 11.2. The predicted octanol–water partition coefficient (Wildman–Crippen LogP) is 3.60. The van der Waals surface area contributed by atoms with Crippen molar-refractivity contribution in [3.63, 3.8) is 0 Å². The fourth-order valence-corrected chi connectivity index (χ4v) is 2.09. The Hall–Kier alpha value is -1.74. The molecule has 0 amide bonds. The van der Waals surface area contributed by atoms with Gasteiger partial charge in [0, 0.05) is 19.1 Å². The van der Waals surface area contributed by atoms with Gasteiger partial charge in [0.15, 0.2) is 0 Å². The standard InChI is InChI=1S/C14H15ClN2O/c1-17(12-5-3-4-6-14(12)18-2)13-10-16-8-7-11(13)9-15/h3-8,10H,9H2,1-2H3. The molecule has 0 fully saturated rings. The van der Waals surface area contributed by atoms with Crippen molar-refractivity contribution >= 4 is 23.0 Å². The Morgan fingerprint density at radius 2 is 2.00 bits per heavy atom. The van der Waals surface area contributed by atoms with Crippen LogP contribution in [0.4, 0.5) is 11.4 Å². The highest BCUT2D eigenvalue weighted by atomic mass is 35.5. The Balaban J connectivity index is 2.44. The molecular weight excluding hydrogens is 248 g/mol. The molecule has 0 N–H and O–H groups in total. The van der Waals surface area contributed by atoms with Crippen LogP contribution in [0.5, 0.6) is 5.75 Å². The molecule has 0 atom stereocenters. The van der Waals surface area contributed by atoms with Gasteiger partial charge in [0.1, 0.15) is 5.75 Å². The number of methoxy groups -OCH3 is 1. The highest BCUT2D eigenvalue weighted by Crippen LogP contribution is 2.33. The van der Waals surface area contributed by atoms with Crippen LogP contribution in [0.3, 0.4) is 0 Å². The van der Waals surface area contributed by atoms with E-state index in [0.29, 0.717) is 5.88 Å². The van der Waals surface area contributed by atoms with E-state index in [1.54, 1.807) is 13.3 Å². The summed E-state index contributed by atoms with van der Waals surface area (Å²) >= 11 is 5.95. The maximum absolute atomic E-state index is 5.95. The largest absolute Gasteiger partial charge is 0.495 e. The molecule has 0 aliphatic heterocycles. The van der Waals surface area contributed by atoms with E-state index in [2.05, 4.69) is 4.98 Å². The summed E-state index contributed by atoms with van der Waals surface area (Å²) in [6.45, 7) is 0. The molecule has 0 saturated carbocycles. The fourth-order valence-electron chi connectivity index (χ4n) is 1.87. The number of aromatic nitrogens is 1. The first-order valence-electron chi connectivity index (χ1n) is 5.63. The molecule has 0 bridgehead atoms. The monoisotopic (exact) mass is 262 g/mol. The number of hydrogen-bond donors (Lipinski definition) is 0. The van der Waals surface area contributed by atoms with E-state index in [4.69, 9.17) is 16.3 Å². The van der Waals surface area contributed by atoms with Crippen LogP contribution in [0.1, 0.15) is 5.56 Å². The predicted molar refractivity (Wildman–Crippen MR) is 74.9 cm³/mol. The molecule has 2 aromatic rings. The average molecular weight is 263 g/mol. The van der Waals surface area contributed by atoms with Crippen molar-refractivity contribution in [2.45, 2.75) is 5.88 Å². The Bertz CT molecular complexity index is 483. The van der Waals surface area contributed by atoms with Gasteiger partial charge in [-0.15, -0.1) is 11.6 Å². The second-order valence-corrected chi connectivity index (χ2v) is 4.14. The van der Waals surface area contributed by atoms with Gasteiger partial charge in [0.2, 0.25) is 0 Å². The van der Waals surface area contributed by atoms with Crippen LogP contribution >= 0.6 is 11.6 Å². The summed E-state index contributed by atoms with van der Waals surface area (Å²) in [7, 11) is 3.64. The van der Waals surface area contributed by atoms with E-state index in [1.165, 1.54) is 0 Å². The second kappa shape index (κ2) is 5.74. The maximum Gasteiger partial charge on any atom is 0.142 e. The zero-order chi connectivity index (χ0) is 13.0. The zero-order valence-electron chi connectivity index (χ0n) is 10.4. The fraction of sp³-hybridized carbons (Fsp3) is 0.214. The molecular formula is C14H15ClN2O. The van der Waals surface area contributed by atoms with Gasteiger partial charge in [-0.2, -0.15) is 0 Å². The van der Waals surface area contributed by atoms with Crippen LogP contribution in [-0.2, 0) is 5.88 Å². The molecule has 0 unspecified atom stereocenters. The first-order valence-corrected chi connectivity index (χ1v) is 6.17. The summed E-state index contributed by atoms with van der Waals surface area (Å²) in [5.74, 6) is 1.28. The van der Waals surface area contributed by atoms with Crippen molar-refractivity contribution in [3.05, 3.63) is 48.3 Å². The minimum atomic E-state index is 0.456. The van der Waals surface area contributed by atoms with Gasteiger partial charge in [-0.25, -0.2) is 0 Å². The molecule has 4 heteroatoms. The molecule has 0 aliphatic carbocycles. The molecule has 1 aromatic heterocycles. The summed E-state index contributed by atoms with van der Waals surface area (Å²) in [6.07, 6.45) is 3.56. The molecule has 0 spiro atoms. The van der Waals surface area contributed by atoms with Crippen molar-refractivity contribution in [1.82, 2.24) is 4.98 Å². The SMILES string of the molecule is COc1ccccc1N(C)c1cnccc1CCl. The van der Waals surface area contributed by atoms with E-state index in [-0.39, 0.29) is 0 Å². The molecule has 1 heterocycles. The van der Waals surface area contributed by atoms with Gasteiger partial charge in [0.25, 0.3) is 0 Å². The van der Waals surface area contributed by atoms with Gasteiger partial charge in [0.05, 0.1) is 24.7 Å². The van der Waals surface area contributed by atoms with Gasteiger partial charge >= 0.3 is 0 Å². The molecule has 0 radical (unpaired) electrons. The summed E-state index contributed by atoms with van der Waals surface area (Å²) in [5, 5.41) is 0. The molecule has 18 heavy (non-hydrogen) atoms. The van der Waals surface area contributed by atoms with Crippen LogP contribution in [0.15, 0.2) is 42.7 Å². The van der Waals surface area contributed by atoms with E-state index >= 15 is 0 Å². The Morgan fingerprint density at radius 1 is 1.22 bits per heavy atom. The highest BCUT2D eigenvalue weighted by molar-refractivity contribution is 6.17. The number of pyridine rings is 1. The second-order valence-electron chi connectivity index (χ2n) is 3.87. The minimum Gasteiger partial charge on any atom is -0.495 e. The number of ether oxygens (including phenoxy) is 1. The first kappa shape index (κ1) is 12.7. The third kappa shape index (κ3) is 2.41. The van der Waals surface area contributed by atoms with Crippen molar-refractivity contribution in [3.8, 4) is 5.75 Å². The number of alkyl halides is 1. The van der Waals surface area contributed by atoms with Gasteiger partial charge in [-0.1, -0.05) is 12.1 Å². The normalized spacial score (nSPS) is 10.2. The molecule has 0 saturated heterocycles. The number of hydrogen-bond acceptors (Lipinski definition) is 3.